The second-order valence-corrected chi connectivity index (χ2v) is 6.77. The first-order valence-corrected chi connectivity index (χ1v) is 7.64. The van der Waals surface area contributed by atoms with Gasteiger partial charge in [0, 0.05) is 24.5 Å². The van der Waals surface area contributed by atoms with E-state index < -0.39 is 11.2 Å². The van der Waals surface area contributed by atoms with Crippen LogP contribution in [0.4, 0.5) is 4.39 Å². The zero-order valence-corrected chi connectivity index (χ0v) is 13.4. The van der Waals surface area contributed by atoms with Crippen LogP contribution in [0, 0.1) is 11.2 Å². The zero-order chi connectivity index (χ0) is 16.3. The molecule has 0 bridgehead atoms. The maximum Gasteiger partial charge on any atom is 0.256 e. The largest absolute Gasteiger partial charge is 0.353 e. The van der Waals surface area contributed by atoms with E-state index in [-0.39, 0.29) is 23.4 Å². The van der Waals surface area contributed by atoms with E-state index in [1.165, 1.54) is 12.1 Å². The highest BCUT2D eigenvalue weighted by molar-refractivity contribution is 5.94. The predicted octanol–water partition coefficient (Wildman–Crippen LogP) is 2.59. The minimum absolute atomic E-state index is 0.0198. The number of amides is 2. The van der Waals surface area contributed by atoms with Crippen molar-refractivity contribution in [1.82, 2.24) is 10.2 Å². The fraction of sp³-hybridized carbons (Fsp3) is 0.529. The molecule has 2 rings (SSSR count). The number of carbonyl (C=O) groups excluding carboxylic acids is 2. The lowest BCUT2D eigenvalue weighted by Gasteiger charge is -2.33. The van der Waals surface area contributed by atoms with Gasteiger partial charge in [0.2, 0.25) is 5.91 Å². The van der Waals surface area contributed by atoms with Crippen LogP contribution in [0.1, 0.15) is 44.0 Å². The van der Waals surface area contributed by atoms with Gasteiger partial charge in [0.25, 0.3) is 5.91 Å². The molecule has 1 aromatic carbocycles. The third kappa shape index (κ3) is 3.84. The second-order valence-electron chi connectivity index (χ2n) is 6.77. The van der Waals surface area contributed by atoms with Gasteiger partial charge in [-0.05, 0) is 25.0 Å². The molecule has 1 aliphatic heterocycles. The van der Waals surface area contributed by atoms with Gasteiger partial charge >= 0.3 is 0 Å². The van der Waals surface area contributed by atoms with Crippen LogP contribution < -0.4 is 5.32 Å². The summed E-state index contributed by atoms with van der Waals surface area (Å²) < 4.78 is 13.7. The van der Waals surface area contributed by atoms with Crippen molar-refractivity contribution >= 4 is 11.8 Å². The maximum atomic E-state index is 13.7. The molecule has 0 saturated carbocycles. The number of hydrogen-bond acceptors (Lipinski definition) is 2. The SMILES string of the molecule is CC(C)(C)C(=O)NC1CCN(C(=O)c2ccccc2F)CC1. The van der Waals surface area contributed by atoms with Crippen molar-refractivity contribution in [2.45, 2.75) is 39.7 Å². The highest BCUT2D eigenvalue weighted by Gasteiger charge is 2.28. The molecule has 0 aliphatic carbocycles. The number of nitrogens with zero attached hydrogens (tertiary/aromatic N) is 1. The first-order chi connectivity index (χ1) is 10.3. The Hall–Kier alpha value is -1.91. The topological polar surface area (TPSA) is 49.4 Å². The van der Waals surface area contributed by atoms with Gasteiger partial charge in [0.15, 0.2) is 0 Å². The number of piperidine rings is 1. The van der Waals surface area contributed by atoms with E-state index in [0.29, 0.717) is 25.9 Å². The van der Waals surface area contributed by atoms with Crippen molar-refractivity contribution in [2.75, 3.05) is 13.1 Å². The van der Waals surface area contributed by atoms with E-state index in [9.17, 15) is 14.0 Å². The van der Waals surface area contributed by atoms with Crippen molar-refractivity contribution in [1.29, 1.82) is 0 Å². The van der Waals surface area contributed by atoms with Gasteiger partial charge in [-0.3, -0.25) is 9.59 Å². The number of carbonyl (C=O) groups is 2. The minimum atomic E-state index is -0.490. The predicted molar refractivity (Wildman–Crippen MR) is 82.9 cm³/mol. The molecule has 2 amide bonds. The Morgan fingerprint density at radius 3 is 2.32 bits per heavy atom. The summed E-state index contributed by atoms with van der Waals surface area (Å²) in [6.07, 6.45) is 1.39. The van der Waals surface area contributed by atoms with Gasteiger partial charge in [-0.2, -0.15) is 0 Å². The number of benzene rings is 1. The molecule has 0 spiro atoms. The summed E-state index contributed by atoms with van der Waals surface area (Å²) in [6.45, 7) is 6.68. The Balaban J connectivity index is 1.91. The van der Waals surface area contributed by atoms with Crippen LogP contribution in [-0.2, 0) is 4.79 Å². The summed E-state index contributed by atoms with van der Waals surface area (Å²) in [5, 5.41) is 3.02. The molecule has 5 heteroatoms. The Labute approximate surface area is 130 Å². The van der Waals surface area contributed by atoms with E-state index >= 15 is 0 Å². The van der Waals surface area contributed by atoms with Gasteiger partial charge in [0.05, 0.1) is 5.56 Å². The molecule has 22 heavy (non-hydrogen) atoms. The number of likely N-dealkylation sites (tertiary alicyclic amines) is 1. The molecule has 4 nitrogen and oxygen atoms in total. The van der Waals surface area contributed by atoms with Gasteiger partial charge in [-0.25, -0.2) is 4.39 Å². The van der Waals surface area contributed by atoms with E-state index in [4.69, 9.17) is 0 Å². The lowest BCUT2D eigenvalue weighted by atomic mass is 9.94. The third-order valence-corrected chi connectivity index (χ3v) is 3.90. The molecule has 1 aromatic rings. The van der Waals surface area contributed by atoms with Crippen LogP contribution in [0.3, 0.4) is 0 Å². The zero-order valence-electron chi connectivity index (χ0n) is 13.4. The quantitative estimate of drug-likeness (QED) is 0.913. The average Bonchev–Trinajstić information content (AvgIpc) is 2.47. The molecule has 1 aliphatic rings. The maximum absolute atomic E-state index is 13.7. The molecular formula is C17H23FN2O2. The monoisotopic (exact) mass is 306 g/mol. The lowest BCUT2D eigenvalue weighted by Crippen LogP contribution is -2.49. The second kappa shape index (κ2) is 6.46. The molecule has 1 saturated heterocycles. The van der Waals surface area contributed by atoms with Crippen molar-refractivity contribution < 1.29 is 14.0 Å². The fourth-order valence-electron chi connectivity index (χ4n) is 2.43. The van der Waals surface area contributed by atoms with Crippen molar-refractivity contribution in [3.8, 4) is 0 Å². The van der Waals surface area contributed by atoms with Gasteiger partial charge in [-0.1, -0.05) is 32.9 Å². The van der Waals surface area contributed by atoms with Crippen LogP contribution in [0.5, 0.6) is 0 Å². The highest BCUT2D eigenvalue weighted by atomic mass is 19.1. The third-order valence-electron chi connectivity index (χ3n) is 3.90. The Morgan fingerprint density at radius 1 is 1.18 bits per heavy atom. The standard InChI is InChI=1S/C17H23FN2O2/c1-17(2,3)16(22)19-12-8-10-20(11-9-12)15(21)13-6-4-5-7-14(13)18/h4-7,12H,8-11H2,1-3H3,(H,19,22). The van der Waals surface area contributed by atoms with E-state index in [2.05, 4.69) is 5.32 Å². The first kappa shape index (κ1) is 16.5. The van der Waals surface area contributed by atoms with Crippen LogP contribution >= 0.6 is 0 Å². The van der Waals surface area contributed by atoms with E-state index in [0.717, 1.165) is 0 Å². The number of hydrogen-bond donors (Lipinski definition) is 1. The Morgan fingerprint density at radius 2 is 1.77 bits per heavy atom. The molecule has 1 heterocycles. The summed E-state index contributed by atoms with van der Waals surface area (Å²) in [5.74, 6) is -0.749. The van der Waals surface area contributed by atoms with Crippen LogP contribution in [0.2, 0.25) is 0 Å². The summed E-state index contributed by atoms with van der Waals surface area (Å²) in [5.41, 5.74) is -0.306. The van der Waals surface area contributed by atoms with Gasteiger partial charge in [-0.15, -0.1) is 0 Å². The van der Waals surface area contributed by atoms with Gasteiger partial charge in [0.1, 0.15) is 5.82 Å². The summed E-state index contributed by atoms with van der Waals surface area (Å²) in [4.78, 5) is 25.9. The summed E-state index contributed by atoms with van der Waals surface area (Å²) in [6, 6.07) is 6.11. The Bertz CT molecular complexity index is 558. The molecule has 120 valence electrons. The van der Waals surface area contributed by atoms with Gasteiger partial charge < -0.3 is 10.2 Å². The normalized spacial score (nSPS) is 16.5. The van der Waals surface area contributed by atoms with Crippen molar-refractivity contribution in [2.24, 2.45) is 5.41 Å². The average molecular weight is 306 g/mol. The number of rotatable bonds is 2. The highest BCUT2D eigenvalue weighted by Crippen LogP contribution is 2.18. The Kier molecular flexibility index (Phi) is 4.84. The molecule has 0 atom stereocenters. The van der Waals surface area contributed by atoms with E-state index in [1.807, 2.05) is 20.8 Å². The molecule has 0 radical (unpaired) electrons. The summed E-state index contributed by atoms with van der Waals surface area (Å²) in [7, 11) is 0. The molecule has 0 aromatic heterocycles. The van der Waals surface area contributed by atoms with Crippen LogP contribution in [-0.4, -0.2) is 35.8 Å². The smallest absolute Gasteiger partial charge is 0.256 e. The molecule has 1 fully saturated rings. The van der Waals surface area contributed by atoms with Crippen molar-refractivity contribution in [3.05, 3.63) is 35.6 Å². The minimum Gasteiger partial charge on any atom is -0.353 e. The molecule has 0 unspecified atom stereocenters. The first-order valence-electron chi connectivity index (χ1n) is 7.64. The lowest BCUT2D eigenvalue weighted by molar-refractivity contribution is -0.129. The van der Waals surface area contributed by atoms with Crippen LogP contribution in [0.15, 0.2) is 24.3 Å². The summed E-state index contributed by atoms with van der Waals surface area (Å²) >= 11 is 0. The number of nitrogens with one attached hydrogen (secondary N) is 1. The van der Waals surface area contributed by atoms with Crippen molar-refractivity contribution in [3.63, 3.8) is 0 Å². The van der Waals surface area contributed by atoms with Crippen LogP contribution in [0.25, 0.3) is 0 Å². The van der Waals surface area contributed by atoms with E-state index in [1.54, 1.807) is 17.0 Å². The number of halogens is 1. The fourth-order valence-corrected chi connectivity index (χ4v) is 2.43. The molecule has 1 N–H and O–H groups in total. The molecular weight excluding hydrogens is 283 g/mol.